The molecule has 1 N–H and O–H groups in total. The summed E-state index contributed by atoms with van der Waals surface area (Å²) in [5.74, 6) is -0.0250. The summed E-state index contributed by atoms with van der Waals surface area (Å²) >= 11 is 0. The Morgan fingerprint density at radius 2 is 1.80 bits per heavy atom. The van der Waals surface area contributed by atoms with E-state index in [0.29, 0.717) is 38.8 Å². The first-order chi connectivity index (χ1) is 18.4. The van der Waals surface area contributed by atoms with Crippen LogP contribution < -0.4 is 14.4 Å². The van der Waals surface area contributed by atoms with Gasteiger partial charge in [-0.2, -0.15) is 26.3 Å². The van der Waals surface area contributed by atoms with Gasteiger partial charge in [0, 0.05) is 11.1 Å². The lowest BCUT2D eigenvalue weighted by atomic mass is 9.99. The molecule has 40 heavy (non-hydrogen) atoms. The summed E-state index contributed by atoms with van der Waals surface area (Å²) in [4.78, 5) is 23.0. The van der Waals surface area contributed by atoms with Crippen molar-refractivity contribution in [3.05, 3.63) is 48.0 Å². The average molecular weight is 595 g/mol. The molecule has 1 heterocycles. The van der Waals surface area contributed by atoms with Gasteiger partial charge in [0.15, 0.2) is 0 Å². The second-order valence-corrected chi connectivity index (χ2v) is 12.1. The van der Waals surface area contributed by atoms with Crippen LogP contribution in [0.3, 0.4) is 0 Å². The number of hydrogen-bond donors (Lipinski definition) is 1. The van der Waals surface area contributed by atoms with Crippen LogP contribution in [-0.4, -0.2) is 45.2 Å². The number of carbonyl (C=O) groups excluding carboxylic acids is 2. The Bertz CT molecular complexity index is 1420. The summed E-state index contributed by atoms with van der Waals surface area (Å²) in [5, 5.41) is 2.10. The molecule has 2 aliphatic rings. The van der Waals surface area contributed by atoms with Crippen LogP contribution in [0.15, 0.2) is 47.4 Å². The number of halogens is 6. The predicted molar refractivity (Wildman–Crippen MR) is 129 cm³/mol. The molecule has 2 aromatic carbocycles. The van der Waals surface area contributed by atoms with Crippen LogP contribution in [0, 0.1) is 5.41 Å². The number of nitrogens with zero attached hydrogens (tertiary/aromatic N) is 1. The van der Waals surface area contributed by atoms with Gasteiger partial charge in [0.1, 0.15) is 18.1 Å². The second kappa shape index (κ2) is 9.85. The number of ether oxygens (including phenoxy) is 2. The summed E-state index contributed by atoms with van der Waals surface area (Å²) in [5.41, 5.74) is -5.07. The van der Waals surface area contributed by atoms with Gasteiger partial charge in [0.25, 0.3) is 10.0 Å². The number of hydrogen-bond acceptors (Lipinski definition) is 6. The molecule has 218 valence electrons. The van der Waals surface area contributed by atoms with Crippen molar-refractivity contribution in [1.82, 2.24) is 0 Å². The van der Waals surface area contributed by atoms with Gasteiger partial charge in [-0.25, -0.2) is 13.2 Å². The van der Waals surface area contributed by atoms with E-state index < -0.39 is 56.0 Å². The van der Waals surface area contributed by atoms with Crippen molar-refractivity contribution in [2.24, 2.45) is 5.41 Å². The molecule has 1 atom stereocenters. The maximum atomic E-state index is 13.7. The van der Waals surface area contributed by atoms with Crippen LogP contribution in [0.25, 0.3) is 0 Å². The molecule has 4 rings (SSSR count). The van der Waals surface area contributed by atoms with E-state index in [1.807, 2.05) is 0 Å². The maximum Gasteiger partial charge on any atom is 0.427 e. The summed E-state index contributed by atoms with van der Waals surface area (Å²) in [6, 6.07) is 6.69. The highest BCUT2D eigenvalue weighted by Crippen LogP contribution is 2.50. The van der Waals surface area contributed by atoms with E-state index in [0.717, 1.165) is 28.8 Å². The maximum absolute atomic E-state index is 13.7. The summed E-state index contributed by atoms with van der Waals surface area (Å²) in [6.45, 7) is 0.904. The van der Waals surface area contributed by atoms with E-state index in [-0.39, 0.29) is 30.1 Å². The zero-order valence-corrected chi connectivity index (χ0v) is 21.9. The molecule has 1 amide bonds. The Balaban J connectivity index is 1.70. The monoisotopic (exact) mass is 594 g/mol. The predicted octanol–water partition coefficient (Wildman–Crippen LogP) is 5.92. The van der Waals surface area contributed by atoms with Gasteiger partial charge >= 0.3 is 18.4 Å². The number of fused-ring (bicyclic) bond motifs is 1. The lowest BCUT2D eigenvalue weighted by Crippen LogP contribution is -2.45. The molecular weight excluding hydrogens is 570 g/mol. The topological polar surface area (TPSA) is 102 Å². The summed E-state index contributed by atoms with van der Waals surface area (Å²) in [6.07, 6.45) is -9.95. The smallest absolute Gasteiger partial charge is 0.427 e. The molecule has 1 fully saturated rings. The van der Waals surface area contributed by atoms with E-state index >= 15 is 0 Å². The molecule has 8 nitrogen and oxygen atoms in total. The summed E-state index contributed by atoms with van der Waals surface area (Å²) < 4.78 is 118. The van der Waals surface area contributed by atoms with Crippen LogP contribution in [0.5, 0.6) is 5.75 Å². The largest absolute Gasteiger partial charge is 0.486 e. The number of anilines is 2. The van der Waals surface area contributed by atoms with Gasteiger partial charge < -0.3 is 14.3 Å². The molecule has 2 aromatic rings. The molecule has 1 aliphatic carbocycles. The Hall–Kier alpha value is -3.49. The lowest BCUT2D eigenvalue weighted by molar-refractivity contribution is -0.242. The molecule has 1 aliphatic heterocycles. The first-order valence-electron chi connectivity index (χ1n) is 11.9. The summed E-state index contributed by atoms with van der Waals surface area (Å²) in [7, 11) is -4.65. The first-order valence-corrected chi connectivity index (χ1v) is 13.3. The van der Waals surface area contributed by atoms with E-state index in [4.69, 9.17) is 4.74 Å². The Labute approximate surface area is 225 Å². The normalized spacial score (nSPS) is 18.8. The number of amides is 1. The van der Waals surface area contributed by atoms with Gasteiger partial charge in [-0.05, 0) is 69.5 Å². The van der Waals surface area contributed by atoms with Gasteiger partial charge in [-0.1, -0.05) is 6.07 Å². The van der Waals surface area contributed by atoms with Crippen LogP contribution in [0.4, 0.5) is 42.5 Å². The van der Waals surface area contributed by atoms with Crippen molar-refractivity contribution in [1.29, 1.82) is 0 Å². The number of aldehydes is 1. The van der Waals surface area contributed by atoms with Crippen molar-refractivity contribution >= 4 is 33.8 Å². The molecule has 0 aromatic heterocycles. The van der Waals surface area contributed by atoms with Crippen molar-refractivity contribution in [2.75, 3.05) is 16.2 Å². The number of carbonyl (C=O) groups is 2. The fourth-order valence-corrected chi connectivity index (χ4v) is 5.65. The zero-order valence-electron chi connectivity index (χ0n) is 21.1. The third-order valence-corrected chi connectivity index (χ3v) is 8.47. The SMILES string of the molecule is CC(C)(OC(=O)Nc1ccc2c(c1)N(S(=O)(=O)c1cccc(C(F)(F)F)c1)C[C@H](CC1(C=O)CC1)O2)C(F)(F)F. The Morgan fingerprint density at radius 3 is 2.38 bits per heavy atom. The van der Waals surface area contributed by atoms with E-state index in [2.05, 4.69) is 10.1 Å². The molecule has 0 radical (unpaired) electrons. The highest BCUT2D eigenvalue weighted by molar-refractivity contribution is 7.92. The van der Waals surface area contributed by atoms with E-state index in [9.17, 15) is 44.3 Å². The highest BCUT2D eigenvalue weighted by atomic mass is 32.2. The van der Waals surface area contributed by atoms with Crippen LogP contribution in [0.2, 0.25) is 0 Å². The fraction of sp³-hybridized carbons (Fsp3) is 0.440. The standard InChI is InChI=1S/C25H24F6N2O6S/c1-22(2,25(29,30)31)39-21(35)32-16-6-7-20-19(11-16)33(13-17(38-20)12-23(14-34)8-9-23)40(36,37)18-5-3-4-15(10-18)24(26,27)28/h3-7,10-11,14,17H,8-9,12-13H2,1-2H3,(H,32,35)/t17-/m0/s1. The van der Waals surface area contributed by atoms with Crippen LogP contribution in [-0.2, 0) is 25.7 Å². The van der Waals surface area contributed by atoms with Crippen LogP contribution in [0.1, 0.15) is 38.7 Å². The molecule has 0 bridgehead atoms. The van der Waals surface area contributed by atoms with Gasteiger partial charge in [-0.3, -0.25) is 9.62 Å². The first kappa shape index (κ1) is 29.5. The minimum Gasteiger partial charge on any atom is -0.486 e. The quantitative estimate of drug-likeness (QED) is 0.316. The van der Waals surface area contributed by atoms with Crippen molar-refractivity contribution < 1.29 is 53.8 Å². The van der Waals surface area contributed by atoms with Gasteiger partial charge in [0.05, 0.1) is 22.7 Å². The minimum absolute atomic E-state index is 0.0250. The number of benzene rings is 2. The zero-order chi connectivity index (χ0) is 29.7. The second-order valence-electron chi connectivity index (χ2n) is 10.2. The Kier molecular flexibility index (Phi) is 7.27. The molecule has 15 heteroatoms. The van der Waals surface area contributed by atoms with Gasteiger partial charge in [-0.15, -0.1) is 0 Å². The van der Waals surface area contributed by atoms with Gasteiger partial charge in [0.2, 0.25) is 5.60 Å². The number of nitrogens with one attached hydrogen (secondary N) is 1. The van der Waals surface area contributed by atoms with E-state index in [1.54, 1.807) is 0 Å². The molecule has 0 spiro atoms. The number of rotatable bonds is 7. The molecule has 0 unspecified atom stereocenters. The molecular formula is C25H24F6N2O6S. The van der Waals surface area contributed by atoms with Crippen LogP contribution >= 0.6 is 0 Å². The number of alkyl halides is 6. The molecule has 0 saturated heterocycles. The third-order valence-electron chi connectivity index (χ3n) is 6.69. The minimum atomic E-state index is -4.88. The Morgan fingerprint density at radius 1 is 1.12 bits per heavy atom. The van der Waals surface area contributed by atoms with E-state index in [1.165, 1.54) is 12.1 Å². The fourth-order valence-electron chi connectivity index (χ4n) is 4.10. The lowest BCUT2D eigenvalue weighted by Gasteiger charge is -2.36. The number of sulfonamides is 1. The van der Waals surface area contributed by atoms with Crippen molar-refractivity contribution in [3.63, 3.8) is 0 Å². The molecule has 1 saturated carbocycles. The van der Waals surface area contributed by atoms with Crippen molar-refractivity contribution in [3.8, 4) is 5.75 Å². The highest BCUT2D eigenvalue weighted by Gasteiger charge is 2.51. The average Bonchev–Trinajstić information content (AvgIpc) is 3.62. The third kappa shape index (κ3) is 5.98. The van der Waals surface area contributed by atoms with Crippen molar-refractivity contribution in [2.45, 2.75) is 62.1 Å².